The number of methoxy groups -OCH3 is 1. The smallest absolute Gasteiger partial charge is 0.169 e. The van der Waals surface area contributed by atoms with Gasteiger partial charge < -0.3 is 10.1 Å². The van der Waals surface area contributed by atoms with Crippen LogP contribution in [0.15, 0.2) is 18.2 Å². The highest BCUT2D eigenvalue weighted by Crippen LogP contribution is 2.19. The molecule has 0 atom stereocenters. The number of halogens is 2. The van der Waals surface area contributed by atoms with E-state index in [0.29, 0.717) is 17.9 Å². The molecule has 0 saturated carbocycles. The summed E-state index contributed by atoms with van der Waals surface area (Å²) >= 11 is 0. The van der Waals surface area contributed by atoms with Gasteiger partial charge in [0.15, 0.2) is 11.6 Å². The van der Waals surface area contributed by atoms with Crippen LogP contribution in [-0.4, -0.2) is 14.2 Å². The Morgan fingerprint density at radius 1 is 1.46 bits per heavy atom. The SMILES string of the molecule is CNCc1cccc(OC)c1F.Cl. The summed E-state index contributed by atoms with van der Waals surface area (Å²) in [6.45, 7) is 0.517. The summed E-state index contributed by atoms with van der Waals surface area (Å²) in [4.78, 5) is 0. The van der Waals surface area contributed by atoms with Crippen LogP contribution in [0.4, 0.5) is 4.39 Å². The Morgan fingerprint density at radius 3 is 2.69 bits per heavy atom. The Kier molecular flexibility index (Phi) is 5.42. The fourth-order valence-corrected chi connectivity index (χ4v) is 1.04. The summed E-state index contributed by atoms with van der Waals surface area (Å²) in [6.07, 6.45) is 0. The second kappa shape index (κ2) is 5.78. The van der Waals surface area contributed by atoms with Crippen molar-refractivity contribution in [3.63, 3.8) is 0 Å². The average Bonchev–Trinajstić information content (AvgIpc) is 2.09. The Bertz CT molecular complexity index is 268. The van der Waals surface area contributed by atoms with Gasteiger partial charge in [-0.15, -0.1) is 12.4 Å². The molecule has 0 heterocycles. The lowest BCUT2D eigenvalue weighted by Gasteiger charge is -2.05. The minimum absolute atomic E-state index is 0. The molecule has 1 aromatic rings. The van der Waals surface area contributed by atoms with Crippen molar-refractivity contribution in [3.8, 4) is 5.75 Å². The van der Waals surface area contributed by atoms with Gasteiger partial charge in [-0.25, -0.2) is 4.39 Å². The third-order valence-corrected chi connectivity index (χ3v) is 1.63. The molecule has 0 radical (unpaired) electrons. The first-order valence-electron chi connectivity index (χ1n) is 3.75. The summed E-state index contributed by atoms with van der Waals surface area (Å²) < 4.78 is 18.1. The van der Waals surface area contributed by atoms with E-state index in [2.05, 4.69) is 5.32 Å². The molecule has 1 aromatic carbocycles. The van der Waals surface area contributed by atoms with Gasteiger partial charge in [-0.2, -0.15) is 0 Å². The molecule has 4 heteroatoms. The first-order valence-corrected chi connectivity index (χ1v) is 3.75. The molecule has 0 unspecified atom stereocenters. The van der Waals surface area contributed by atoms with Crippen molar-refractivity contribution >= 4 is 12.4 Å². The molecule has 0 spiro atoms. The highest BCUT2D eigenvalue weighted by atomic mass is 35.5. The molecule has 1 N–H and O–H groups in total. The zero-order valence-corrected chi connectivity index (χ0v) is 8.45. The average molecular weight is 206 g/mol. The van der Waals surface area contributed by atoms with Crippen LogP contribution in [0.1, 0.15) is 5.56 Å². The highest BCUT2D eigenvalue weighted by molar-refractivity contribution is 5.85. The first-order chi connectivity index (χ1) is 5.79. The van der Waals surface area contributed by atoms with Crippen molar-refractivity contribution in [2.24, 2.45) is 0 Å². The maximum atomic E-state index is 13.3. The van der Waals surface area contributed by atoms with Crippen LogP contribution in [0.25, 0.3) is 0 Å². The van der Waals surface area contributed by atoms with E-state index in [1.54, 1.807) is 25.2 Å². The molecule has 0 amide bonds. The van der Waals surface area contributed by atoms with Gasteiger partial charge in [0.05, 0.1) is 7.11 Å². The van der Waals surface area contributed by atoms with Gasteiger partial charge in [-0.1, -0.05) is 12.1 Å². The number of benzene rings is 1. The number of hydrogen-bond donors (Lipinski definition) is 1. The molecule has 0 fully saturated rings. The monoisotopic (exact) mass is 205 g/mol. The molecule has 74 valence electrons. The van der Waals surface area contributed by atoms with Crippen LogP contribution in [0.2, 0.25) is 0 Å². The lowest BCUT2D eigenvalue weighted by Crippen LogP contribution is -2.07. The van der Waals surface area contributed by atoms with Crippen molar-refractivity contribution in [2.75, 3.05) is 14.2 Å². The third kappa shape index (κ3) is 2.86. The first kappa shape index (κ1) is 12.2. The summed E-state index contributed by atoms with van der Waals surface area (Å²) in [5, 5.41) is 2.88. The summed E-state index contributed by atoms with van der Waals surface area (Å²) in [5.74, 6) is 0.0112. The predicted molar refractivity (Wildman–Crippen MR) is 53.0 cm³/mol. The Morgan fingerprint density at radius 2 is 2.15 bits per heavy atom. The van der Waals surface area contributed by atoms with Gasteiger partial charge in [0.2, 0.25) is 0 Å². The van der Waals surface area contributed by atoms with Crippen molar-refractivity contribution in [1.82, 2.24) is 5.32 Å². The van der Waals surface area contributed by atoms with Gasteiger partial charge in [-0.3, -0.25) is 0 Å². The van der Waals surface area contributed by atoms with E-state index in [4.69, 9.17) is 4.74 Å². The fraction of sp³-hybridized carbons (Fsp3) is 0.333. The maximum absolute atomic E-state index is 13.3. The predicted octanol–water partition coefficient (Wildman–Crippen LogP) is 1.98. The standard InChI is InChI=1S/C9H12FNO.ClH/c1-11-6-7-4-3-5-8(12-2)9(7)10;/h3-5,11H,6H2,1-2H3;1H. The largest absolute Gasteiger partial charge is 0.494 e. The quantitative estimate of drug-likeness (QED) is 0.815. The molecule has 2 nitrogen and oxygen atoms in total. The summed E-state index contributed by atoms with van der Waals surface area (Å²) in [7, 11) is 3.24. The van der Waals surface area contributed by atoms with E-state index < -0.39 is 0 Å². The number of rotatable bonds is 3. The van der Waals surface area contributed by atoms with E-state index in [0.717, 1.165) is 0 Å². The molecule has 13 heavy (non-hydrogen) atoms. The van der Waals surface area contributed by atoms with Crippen LogP contribution < -0.4 is 10.1 Å². The zero-order chi connectivity index (χ0) is 8.97. The number of ether oxygens (including phenoxy) is 1. The lowest BCUT2D eigenvalue weighted by atomic mass is 10.2. The summed E-state index contributed by atoms with van der Waals surface area (Å²) in [5.41, 5.74) is 0.622. The molecule has 0 aliphatic carbocycles. The Labute approximate surface area is 83.5 Å². The van der Waals surface area contributed by atoms with Gasteiger partial charge >= 0.3 is 0 Å². The number of hydrogen-bond acceptors (Lipinski definition) is 2. The molecular formula is C9H13ClFNO. The van der Waals surface area contributed by atoms with Crippen molar-refractivity contribution < 1.29 is 9.13 Å². The van der Waals surface area contributed by atoms with Crippen LogP contribution in [-0.2, 0) is 6.54 Å². The second-order valence-electron chi connectivity index (χ2n) is 2.46. The molecule has 0 saturated heterocycles. The Hall–Kier alpha value is -0.800. The fourth-order valence-electron chi connectivity index (χ4n) is 1.04. The van der Waals surface area contributed by atoms with Gasteiger partial charge in [0.25, 0.3) is 0 Å². The molecule has 0 aromatic heterocycles. The van der Waals surface area contributed by atoms with Crippen molar-refractivity contribution in [3.05, 3.63) is 29.6 Å². The van der Waals surface area contributed by atoms with E-state index in [1.807, 2.05) is 0 Å². The van der Waals surface area contributed by atoms with E-state index in [1.165, 1.54) is 7.11 Å². The molecule has 0 bridgehead atoms. The van der Waals surface area contributed by atoms with Crippen LogP contribution in [0.3, 0.4) is 0 Å². The minimum Gasteiger partial charge on any atom is -0.494 e. The lowest BCUT2D eigenvalue weighted by molar-refractivity contribution is 0.383. The molecule has 0 aliphatic heterocycles. The van der Waals surface area contributed by atoms with E-state index in [9.17, 15) is 4.39 Å². The van der Waals surface area contributed by atoms with Crippen LogP contribution in [0.5, 0.6) is 5.75 Å². The van der Waals surface area contributed by atoms with Gasteiger partial charge in [0, 0.05) is 12.1 Å². The normalized spacial score (nSPS) is 9.15. The second-order valence-corrected chi connectivity index (χ2v) is 2.46. The van der Waals surface area contributed by atoms with Crippen molar-refractivity contribution in [1.29, 1.82) is 0 Å². The summed E-state index contributed by atoms with van der Waals surface area (Å²) in [6, 6.07) is 5.11. The van der Waals surface area contributed by atoms with E-state index >= 15 is 0 Å². The maximum Gasteiger partial charge on any atom is 0.169 e. The van der Waals surface area contributed by atoms with Crippen LogP contribution in [0, 0.1) is 5.82 Å². The molecule has 0 aliphatic rings. The van der Waals surface area contributed by atoms with E-state index in [-0.39, 0.29) is 18.2 Å². The zero-order valence-electron chi connectivity index (χ0n) is 7.63. The van der Waals surface area contributed by atoms with Crippen LogP contribution >= 0.6 is 12.4 Å². The van der Waals surface area contributed by atoms with Gasteiger partial charge in [0.1, 0.15) is 0 Å². The highest BCUT2D eigenvalue weighted by Gasteiger charge is 2.06. The minimum atomic E-state index is -0.283. The van der Waals surface area contributed by atoms with Crippen molar-refractivity contribution in [2.45, 2.75) is 6.54 Å². The molecular weight excluding hydrogens is 193 g/mol. The van der Waals surface area contributed by atoms with Gasteiger partial charge in [-0.05, 0) is 13.1 Å². The number of nitrogens with one attached hydrogen (secondary N) is 1. The third-order valence-electron chi connectivity index (χ3n) is 1.63. The Balaban J connectivity index is 0.00000144. The molecule has 1 rings (SSSR count). The topological polar surface area (TPSA) is 21.3 Å².